The van der Waals surface area contributed by atoms with Crippen LogP contribution in [-0.4, -0.2) is 34.9 Å². The van der Waals surface area contributed by atoms with Crippen molar-refractivity contribution < 1.29 is 24.2 Å². The molecule has 0 unspecified atom stereocenters. The van der Waals surface area contributed by atoms with E-state index in [-0.39, 0.29) is 17.7 Å². The number of carbonyl (C=O) groups excluding carboxylic acids is 1. The van der Waals surface area contributed by atoms with Gasteiger partial charge in [0.15, 0.2) is 0 Å². The first kappa shape index (κ1) is 20.4. The minimum absolute atomic E-state index is 0.0366. The lowest BCUT2D eigenvalue weighted by molar-refractivity contribution is 0.0470. The molecule has 6 nitrogen and oxygen atoms in total. The van der Waals surface area contributed by atoms with Crippen molar-refractivity contribution in [2.24, 2.45) is 0 Å². The fraction of sp³-hybridized carbons (Fsp3) is 0.579. The van der Waals surface area contributed by atoms with Gasteiger partial charge in [-0.25, -0.2) is 9.59 Å². The molecule has 0 atom stereocenters. The Morgan fingerprint density at radius 1 is 1.19 bits per heavy atom. The Bertz CT molecular complexity index is 675. The number of carboxylic acids is 1. The van der Waals surface area contributed by atoms with Crippen LogP contribution in [0.2, 0.25) is 5.02 Å². The van der Waals surface area contributed by atoms with Gasteiger partial charge in [0.05, 0.1) is 11.7 Å². The molecule has 26 heavy (non-hydrogen) atoms. The number of hydrogen-bond donors (Lipinski definition) is 2. The molecule has 0 aromatic heterocycles. The van der Waals surface area contributed by atoms with E-state index in [1.165, 1.54) is 6.07 Å². The number of alkyl carbamates (subject to hydrolysis) is 1. The number of ether oxygens (including phenoxy) is 2. The molecule has 1 aromatic carbocycles. The highest BCUT2D eigenvalue weighted by molar-refractivity contribution is 6.31. The summed E-state index contributed by atoms with van der Waals surface area (Å²) in [6, 6.07) is 3.13. The van der Waals surface area contributed by atoms with Crippen LogP contribution >= 0.6 is 11.6 Å². The van der Waals surface area contributed by atoms with Gasteiger partial charge >= 0.3 is 12.1 Å². The van der Waals surface area contributed by atoms with Gasteiger partial charge in [-0.2, -0.15) is 0 Å². The van der Waals surface area contributed by atoms with Gasteiger partial charge in [0.1, 0.15) is 11.4 Å². The predicted octanol–water partition coefficient (Wildman–Crippen LogP) is 4.56. The van der Waals surface area contributed by atoms with Gasteiger partial charge < -0.3 is 19.9 Å². The van der Waals surface area contributed by atoms with Crippen molar-refractivity contribution in [1.29, 1.82) is 0 Å². The van der Waals surface area contributed by atoms with Gasteiger partial charge in [-0.05, 0) is 65.5 Å². The fourth-order valence-electron chi connectivity index (χ4n) is 2.98. The van der Waals surface area contributed by atoms with Crippen molar-refractivity contribution in [3.05, 3.63) is 28.3 Å². The maximum atomic E-state index is 11.8. The summed E-state index contributed by atoms with van der Waals surface area (Å²) in [4.78, 5) is 23.1. The van der Waals surface area contributed by atoms with E-state index in [9.17, 15) is 14.7 Å². The molecule has 1 aliphatic rings. The van der Waals surface area contributed by atoms with Crippen molar-refractivity contribution in [3.8, 4) is 5.75 Å². The van der Waals surface area contributed by atoms with Crippen molar-refractivity contribution in [1.82, 2.24) is 5.32 Å². The number of rotatable bonds is 4. The van der Waals surface area contributed by atoms with Gasteiger partial charge in [-0.1, -0.05) is 11.6 Å². The molecular formula is C19H26ClNO5. The summed E-state index contributed by atoms with van der Waals surface area (Å²) in [6.45, 7) is 7.20. The standard InChI is InChI=1S/C19H26ClNO5/c1-11-15(17(22)23)9-12(20)10-16(11)25-14-7-5-13(6-8-14)21-18(24)26-19(2,3)4/h9-10,13-14H,5-8H2,1-4H3,(H,21,24)(H,22,23)/t13-,14-. The first-order valence-electron chi connectivity index (χ1n) is 8.75. The van der Waals surface area contributed by atoms with Crippen LogP contribution < -0.4 is 10.1 Å². The summed E-state index contributed by atoms with van der Waals surface area (Å²) in [6.07, 6.45) is 2.62. The van der Waals surface area contributed by atoms with Crippen LogP contribution in [0.15, 0.2) is 12.1 Å². The second-order valence-electron chi connectivity index (χ2n) is 7.62. The van der Waals surface area contributed by atoms with Crippen LogP contribution in [0, 0.1) is 6.92 Å². The number of amides is 1. The summed E-state index contributed by atoms with van der Waals surface area (Å²) >= 11 is 6.01. The Labute approximate surface area is 158 Å². The highest BCUT2D eigenvalue weighted by Crippen LogP contribution is 2.31. The summed E-state index contributed by atoms with van der Waals surface area (Å²) in [5.74, 6) is -0.529. The Morgan fingerprint density at radius 3 is 2.35 bits per heavy atom. The molecule has 0 saturated heterocycles. The molecule has 7 heteroatoms. The average molecular weight is 384 g/mol. The SMILES string of the molecule is Cc1c(O[C@H]2CC[C@H](NC(=O)OC(C)(C)C)CC2)cc(Cl)cc1C(=O)O. The Kier molecular flexibility index (Phi) is 6.39. The molecule has 2 rings (SSSR count). The highest BCUT2D eigenvalue weighted by Gasteiger charge is 2.26. The Morgan fingerprint density at radius 2 is 1.81 bits per heavy atom. The molecule has 0 radical (unpaired) electrons. The van der Waals surface area contributed by atoms with Gasteiger partial charge in [-0.15, -0.1) is 0 Å². The molecule has 1 fully saturated rings. The van der Waals surface area contributed by atoms with Crippen LogP contribution in [0.5, 0.6) is 5.75 Å². The van der Waals surface area contributed by atoms with E-state index in [0.29, 0.717) is 16.3 Å². The van der Waals surface area contributed by atoms with E-state index in [1.807, 2.05) is 20.8 Å². The molecule has 0 bridgehead atoms. The molecule has 2 N–H and O–H groups in total. The maximum absolute atomic E-state index is 11.8. The van der Waals surface area contributed by atoms with Gasteiger partial charge in [0, 0.05) is 16.6 Å². The third kappa shape index (κ3) is 5.80. The molecule has 0 heterocycles. The summed E-state index contributed by atoms with van der Waals surface area (Å²) in [7, 11) is 0. The lowest BCUT2D eigenvalue weighted by Crippen LogP contribution is -2.42. The minimum Gasteiger partial charge on any atom is -0.490 e. The highest BCUT2D eigenvalue weighted by atomic mass is 35.5. The molecule has 0 spiro atoms. The molecular weight excluding hydrogens is 358 g/mol. The van der Waals surface area contributed by atoms with Crippen molar-refractivity contribution in [2.75, 3.05) is 0 Å². The lowest BCUT2D eigenvalue weighted by atomic mass is 9.93. The normalized spacial score (nSPS) is 20.3. The second-order valence-corrected chi connectivity index (χ2v) is 8.06. The topological polar surface area (TPSA) is 84.9 Å². The number of halogens is 1. The number of aromatic carboxylic acids is 1. The number of carboxylic acid groups (broad SMARTS) is 1. The first-order valence-corrected chi connectivity index (χ1v) is 9.12. The van der Waals surface area contributed by atoms with Crippen molar-refractivity contribution in [3.63, 3.8) is 0 Å². The van der Waals surface area contributed by atoms with Crippen LogP contribution in [0.25, 0.3) is 0 Å². The second kappa shape index (κ2) is 8.16. The van der Waals surface area contributed by atoms with Crippen LogP contribution in [0.4, 0.5) is 4.79 Å². The predicted molar refractivity (Wildman–Crippen MR) is 99.2 cm³/mol. The van der Waals surface area contributed by atoms with E-state index in [0.717, 1.165) is 25.7 Å². The monoisotopic (exact) mass is 383 g/mol. The number of nitrogens with one attached hydrogen (secondary N) is 1. The first-order chi connectivity index (χ1) is 12.0. The zero-order valence-corrected chi connectivity index (χ0v) is 16.4. The van der Waals surface area contributed by atoms with Gasteiger partial charge in [-0.3, -0.25) is 0 Å². The average Bonchev–Trinajstić information content (AvgIpc) is 2.50. The van der Waals surface area contributed by atoms with Crippen LogP contribution in [0.1, 0.15) is 62.4 Å². The molecule has 1 saturated carbocycles. The molecule has 0 aliphatic heterocycles. The number of hydrogen-bond acceptors (Lipinski definition) is 4. The Balaban J connectivity index is 1.91. The quantitative estimate of drug-likeness (QED) is 0.795. The van der Waals surface area contributed by atoms with E-state index in [1.54, 1.807) is 13.0 Å². The minimum atomic E-state index is -1.03. The smallest absolute Gasteiger partial charge is 0.407 e. The number of benzene rings is 1. The molecule has 1 amide bonds. The van der Waals surface area contributed by atoms with Crippen molar-refractivity contribution >= 4 is 23.7 Å². The third-order valence-electron chi connectivity index (χ3n) is 4.24. The summed E-state index contributed by atoms with van der Waals surface area (Å²) in [5, 5.41) is 12.5. The molecule has 1 aromatic rings. The van der Waals surface area contributed by atoms with E-state index < -0.39 is 17.7 Å². The van der Waals surface area contributed by atoms with Gasteiger partial charge in [0.25, 0.3) is 0 Å². The molecule has 144 valence electrons. The van der Waals surface area contributed by atoms with Crippen LogP contribution in [-0.2, 0) is 4.74 Å². The zero-order valence-electron chi connectivity index (χ0n) is 15.6. The molecule has 1 aliphatic carbocycles. The largest absolute Gasteiger partial charge is 0.490 e. The summed E-state index contributed by atoms with van der Waals surface area (Å²) < 4.78 is 11.3. The van der Waals surface area contributed by atoms with E-state index in [4.69, 9.17) is 21.1 Å². The Hall–Kier alpha value is -1.95. The fourth-order valence-corrected chi connectivity index (χ4v) is 3.19. The maximum Gasteiger partial charge on any atom is 0.407 e. The van der Waals surface area contributed by atoms with Crippen molar-refractivity contribution in [2.45, 2.75) is 71.1 Å². The zero-order chi connectivity index (χ0) is 19.5. The van der Waals surface area contributed by atoms with Crippen LogP contribution in [0.3, 0.4) is 0 Å². The van der Waals surface area contributed by atoms with E-state index >= 15 is 0 Å². The lowest BCUT2D eigenvalue weighted by Gasteiger charge is -2.30. The van der Waals surface area contributed by atoms with Gasteiger partial charge in [0.2, 0.25) is 0 Å². The number of carbonyl (C=O) groups is 2. The van der Waals surface area contributed by atoms with E-state index in [2.05, 4.69) is 5.32 Å². The third-order valence-corrected chi connectivity index (χ3v) is 4.46. The summed E-state index contributed by atoms with van der Waals surface area (Å²) in [5.41, 5.74) is 0.194.